The van der Waals surface area contributed by atoms with E-state index in [-0.39, 0.29) is 19.1 Å². The molecule has 0 aliphatic carbocycles. The maximum atomic E-state index is 11.0. The Balaban J connectivity index is 5.23. The number of halogens is 1. The van der Waals surface area contributed by atoms with Crippen LogP contribution in [0.5, 0.6) is 0 Å². The van der Waals surface area contributed by atoms with Gasteiger partial charge in [-0.2, -0.15) is 0 Å². The molecule has 0 aromatic carbocycles. The highest BCUT2D eigenvalue weighted by Gasteiger charge is 2.42. The van der Waals surface area contributed by atoms with Crippen LogP contribution in [0.3, 0.4) is 0 Å². The molecule has 6 nitrogen and oxygen atoms in total. The highest BCUT2D eigenvalue weighted by Crippen LogP contribution is 2.19. The molecule has 0 atom stereocenters. The summed E-state index contributed by atoms with van der Waals surface area (Å²) in [5.74, 6) is -3.07. The molecule has 0 unspecified atom stereocenters. The molecule has 0 aromatic heterocycles. The van der Waals surface area contributed by atoms with E-state index in [0.717, 1.165) is 0 Å². The minimum absolute atomic E-state index is 0.191. The molecule has 0 amide bonds. The molecule has 0 rings (SSSR count). The number of hydrogen-bond donors (Lipinski definition) is 1. The molecule has 0 spiro atoms. The molecule has 0 aliphatic heterocycles. The molecule has 0 heterocycles. The standard InChI is InChI=1S/C9H16ClNO5/c1-4-15-9(6-10,16-5-2)7(8(12)13)11-14-3/h4-6H2,1-3H3,(H,12,13). The molecule has 0 aromatic rings. The van der Waals surface area contributed by atoms with E-state index in [9.17, 15) is 4.79 Å². The first-order chi connectivity index (χ1) is 7.57. The lowest BCUT2D eigenvalue weighted by atomic mass is 10.2. The van der Waals surface area contributed by atoms with Crippen molar-refractivity contribution in [1.82, 2.24) is 0 Å². The smallest absolute Gasteiger partial charge is 0.359 e. The summed E-state index contributed by atoms with van der Waals surface area (Å²) < 4.78 is 10.5. The van der Waals surface area contributed by atoms with Crippen LogP contribution in [0.15, 0.2) is 5.16 Å². The maximum Gasteiger partial charge on any atom is 0.359 e. The second kappa shape index (κ2) is 7.43. The van der Waals surface area contributed by atoms with Crippen LogP contribution in [0, 0.1) is 0 Å². The number of carbonyl (C=O) groups is 1. The SMILES string of the molecule is CCOC(CCl)(OCC)C(=NOC)C(=O)O. The maximum absolute atomic E-state index is 11.0. The number of hydrogen-bond acceptors (Lipinski definition) is 5. The van der Waals surface area contributed by atoms with Crippen LogP contribution in [0.2, 0.25) is 0 Å². The van der Waals surface area contributed by atoms with Gasteiger partial charge in [-0.25, -0.2) is 4.79 Å². The first kappa shape index (κ1) is 15.2. The Bertz CT molecular complexity index is 250. The number of alkyl halides is 1. The van der Waals surface area contributed by atoms with Crippen molar-refractivity contribution < 1.29 is 24.2 Å². The van der Waals surface area contributed by atoms with Crippen LogP contribution in [0.4, 0.5) is 0 Å². The fourth-order valence-corrected chi connectivity index (χ4v) is 1.43. The summed E-state index contributed by atoms with van der Waals surface area (Å²) in [6.07, 6.45) is 0. The van der Waals surface area contributed by atoms with Gasteiger partial charge in [0.1, 0.15) is 7.11 Å². The second-order valence-corrected chi connectivity index (χ2v) is 2.95. The number of ether oxygens (including phenoxy) is 2. The summed E-state index contributed by atoms with van der Waals surface area (Å²) >= 11 is 5.71. The third-order valence-electron chi connectivity index (χ3n) is 1.68. The summed E-state index contributed by atoms with van der Waals surface area (Å²) in [6, 6.07) is 0. The van der Waals surface area contributed by atoms with Gasteiger partial charge in [-0.15, -0.1) is 11.6 Å². The van der Waals surface area contributed by atoms with Crippen molar-refractivity contribution in [3.63, 3.8) is 0 Å². The van der Waals surface area contributed by atoms with Crippen LogP contribution in [-0.4, -0.2) is 48.8 Å². The van der Waals surface area contributed by atoms with Crippen LogP contribution in [0.25, 0.3) is 0 Å². The minimum Gasteiger partial charge on any atom is -0.477 e. The van der Waals surface area contributed by atoms with Gasteiger partial charge < -0.3 is 19.4 Å². The van der Waals surface area contributed by atoms with Gasteiger partial charge in [0.25, 0.3) is 0 Å². The monoisotopic (exact) mass is 253 g/mol. The number of nitrogens with zero attached hydrogens (tertiary/aromatic N) is 1. The van der Waals surface area contributed by atoms with Crippen LogP contribution in [0.1, 0.15) is 13.8 Å². The van der Waals surface area contributed by atoms with Gasteiger partial charge >= 0.3 is 5.97 Å². The zero-order valence-electron chi connectivity index (χ0n) is 9.53. The quantitative estimate of drug-likeness (QED) is 0.303. The molecule has 1 N–H and O–H groups in total. The third kappa shape index (κ3) is 3.62. The molecule has 7 heteroatoms. The molecule has 16 heavy (non-hydrogen) atoms. The Morgan fingerprint density at radius 2 is 1.88 bits per heavy atom. The van der Waals surface area contributed by atoms with E-state index >= 15 is 0 Å². The van der Waals surface area contributed by atoms with E-state index in [1.807, 2.05) is 0 Å². The summed E-state index contributed by atoms with van der Waals surface area (Å²) in [5, 5.41) is 12.4. The Kier molecular flexibility index (Phi) is 7.03. The molecule has 0 bridgehead atoms. The van der Waals surface area contributed by atoms with Gasteiger partial charge in [-0.05, 0) is 13.8 Å². The van der Waals surface area contributed by atoms with Crippen molar-refractivity contribution in [3.8, 4) is 0 Å². The van der Waals surface area contributed by atoms with E-state index in [2.05, 4.69) is 9.99 Å². The van der Waals surface area contributed by atoms with Gasteiger partial charge in [-0.1, -0.05) is 5.16 Å². The molecule has 0 aliphatic rings. The molecule has 0 saturated carbocycles. The highest BCUT2D eigenvalue weighted by molar-refractivity contribution is 6.40. The summed E-state index contributed by atoms with van der Waals surface area (Å²) in [5.41, 5.74) is -0.409. The van der Waals surface area contributed by atoms with E-state index in [4.69, 9.17) is 26.2 Å². The molecule has 94 valence electrons. The molecule has 0 radical (unpaired) electrons. The largest absolute Gasteiger partial charge is 0.477 e. The fourth-order valence-electron chi connectivity index (χ4n) is 1.15. The predicted molar refractivity (Wildman–Crippen MR) is 58.8 cm³/mol. The average Bonchev–Trinajstić information content (AvgIpc) is 2.25. The van der Waals surface area contributed by atoms with Crippen LogP contribution in [-0.2, 0) is 19.1 Å². The van der Waals surface area contributed by atoms with Crippen molar-refractivity contribution in [3.05, 3.63) is 0 Å². The lowest BCUT2D eigenvalue weighted by molar-refractivity contribution is -0.174. The molecule has 0 fully saturated rings. The topological polar surface area (TPSA) is 77.3 Å². The Labute approximate surface area is 99.1 Å². The predicted octanol–water partition coefficient (Wildman–Crippen LogP) is 1.08. The second-order valence-electron chi connectivity index (χ2n) is 2.68. The van der Waals surface area contributed by atoms with Gasteiger partial charge in [0.05, 0.1) is 5.88 Å². The third-order valence-corrected chi connectivity index (χ3v) is 2.03. The van der Waals surface area contributed by atoms with Crippen LogP contribution >= 0.6 is 11.6 Å². The zero-order chi connectivity index (χ0) is 12.6. The van der Waals surface area contributed by atoms with Gasteiger partial charge in [-0.3, -0.25) is 0 Å². The normalized spacial score (nSPS) is 12.6. The fraction of sp³-hybridized carbons (Fsp3) is 0.778. The van der Waals surface area contributed by atoms with E-state index in [1.54, 1.807) is 13.8 Å². The Hall–Kier alpha value is -0.850. The number of oxime groups is 1. The molecular weight excluding hydrogens is 238 g/mol. The van der Waals surface area contributed by atoms with Crippen molar-refractivity contribution >= 4 is 23.3 Å². The van der Waals surface area contributed by atoms with Crippen molar-refractivity contribution in [1.29, 1.82) is 0 Å². The number of carboxylic acid groups (broad SMARTS) is 1. The van der Waals surface area contributed by atoms with Gasteiger partial charge in [0, 0.05) is 13.2 Å². The lowest BCUT2D eigenvalue weighted by Crippen LogP contribution is -2.50. The lowest BCUT2D eigenvalue weighted by Gasteiger charge is -2.29. The summed E-state index contributed by atoms with van der Waals surface area (Å²) in [6.45, 7) is 3.88. The van der Waals surface area contributed by atoms with Crippen molar-refractivity contribution in [2.45, 2.75) is 19.6 Å². The Morgan fingerprint density at radius 3 is 2.12 bits per heavy atom. The van der Waals surface area contributed by atoms with Crippen LogP contribution < -0.4 is 0 Å². The minimum atomic E-state index is -1.58. The first-order valence-corrected chi connectivity index (χ1v) is 5.30. The number of carboxylic acids is 1. The molecule has 0 saturated heterocycles. The van der Waals surface area contributed by atoms with Gasteiger partial charge in [0.2, 0.25) is 11.5 Å². The highest BCUT2D eigenvalue weighted by atomic mass is 35.5. The van der Waals surface area contributed by atoms with Crippen molar-refractivity contribution in [2.75, 3.05) is 26.2 Å². The van der Waals surface area contributed by atoms with Crippen molar-refractivity contribution in [2.24, 2.45) is 5.16 Å². The Morgan fingerprint density at radius 1 is 1.38 bits per heavy atom. The summed E-state index contributed by atoms with van der Waals surface area (Å²) in [7, 11) is 1.24. The number of rotatable bonds is 8. The van der Waals surface area contributed by atoms with E-state index in [1.165, 1.54) is 7.11 Å². The summed E-state index contributed by atoms with van der Waals surface area (Å²) in [4.78, 5) is 15.5. The number of aliphatic carboxylic acids is 1. The average molecular weight is 254 g/mol. The molecular formula is C9H16ClNO5. The van der Waals surface area contributed by atoms with E-state index < -0.39 is 17.5 Å². The zero-order valence-corrected chi connectivity index (χ0v) is 10.3. The first-order valence-electron chi connectivity index (χ1n) is 4.76. The van der Waals surface area contributed by atoms with E-state index in [0.29, 0.717) is 0 Å². The van der Waals surface area contributed by atoms with Gasteiger partial charge in [0.15, 0.2) is 0 Å².